The van der Waals surface area contributed by atoms with Gasteiger partial charge < -0.3 is 10.1 Å². The van der Waals surface area contributed by atoms with Crippen LogP contribution in [0, 0.1) is 5.92 Å². The van der Waals surface area contributed by atoms with Gasteiger partial charge in [0.2, 0.25) is 5.91 Å². The lowest BCUT2D eigenvalue weighted by Crippen LogP contribution is -2.17. The molecular weight excluding hydrogens is 238 g/mol. The molecule has 0 radical (unpaired) electrons. The van der Waals surface area contributed by atoms with E-state index in [0.717, 1.165) is 23.4 Å². The van der Waals surface area contributed by atoms with E-state index in [2.05, 4.69) is 5.32 Å². The number of carbonyl (C=O) groups excluding carboxylic acids is 1. The van der Waals surface area contributed by atoms with E-state index in [4.69, 9.17) is 4.74 Å². The third-order valence-corrected chi connectivity index (χ3v) is 4.50. The van der Waals surface area contributed by atoms with E-state index in [1.807, 2.05) is 18.2 Å². The summed E-state index contributed by atoms with van der Waals surface area (Å²) in [5.74, 6) is 1.73. The Morgan fingerprint density at radius 2 is 2.05 bits per heavy atom. The highest BCUT2D eigenvalue weighted by Crippen LogP contribution is 2.41. The summed E-state index contributed by atoms with van der Waals surface area (Å²) in [5.41, 5.74) is 2.08. The highest BCUT2D eigenvalue weighted by Gasteiger charge is 2.33. The van der Waals surface area contributed by atoms with Crippen LogP contribution in [0.25, 0.3) is 0 Å². The molecule has 1 aliphatic heterocycles. The van der Waals surface area contributed by atoms with Crippen LogP contribution < -0.4 is 10.1 Å². The number of hydrogen-bond acceptors (Lipinski definition) is 2. The van der Waals surface area contributed by atoms with Gasteiger partial charge in [-0.25, -0.2) is 0 Å². The van der Waals surface area contributed by atoms with E-state index in [1.54, 1.807) is 7.11 Å². The van der Waals surface area contributed by atoms with Crippen LogP contribution in [0.5, 0.6) is 5.75 Å². The first-order valence-electron chi connectivity index (χ1n) is 7.26. The minimum Gasteiger partial charge on any atom is -0.497 e. The fraction of sp³-hybridized carbons (Fsp3) is 0.562. The minimum atomic E-state index is 0.0215. The maximum absolute atomic E-state index is 12.2. The van der Waals surface area contributed by atoms with Crippen molar-refractivity contribution in [3.05, 3.63) is 23.8 Å². The average molecular weight is 259 g/mol. The smallest absolute Gasteiger partial charge is 0.232 e. The molecule has 3 nitrogen and oxygen atoms in total. The van der Waals surface area contributed by atoms with E-state index >= 15 is 0 Å². The molecule has 102 valence electrons. The summed E-state index contributed by atoms with van der Waals surface area (Å²) in [4.78, 5) is 12.2. The number of carbonyl (C=O) groups is 1. The fourth-order valence-electron chi connectivity index (χ4n) is 3.42. The molecule has 0 saturated heterocycles. The van der Waals surface area contributed by atoms with E-state index < -0.39 is 0 Å². The maximum atomic E-state index is 12.2. The Kier molecular flexibility index (Phi) is 3.45. The van der Waals surface area contributed by atoms with Gasteiger partial charge >= 0.3 is 0 Å². The molecule has 1 atom stereocenters. The number of ether oxygens (including phenoxy) is 1. The van der Waals surface area contributed by atoms with Gasteiger partial charge in [-0.05, 0) is 36.1 Å². The maximum Gasteiger partial charge on any atom is 0.232 e. The van der Waals surface area contributed by atoms with Crippen LogP contribution in [-0.2, 0) is 4.79 Å². The van der Waals surface area contributed by atoms with Gasteiger partial charge in [0, 0.05) is 5.69 Å². The quantitative estimate of drug-likeness (QED) is 0.898. The molecule has 1 heterocycles. The summed E-state index contributed by atoms with van der Waals surface area (Å²) in [6, 6.07) is 5.87. The Labute approximate surface area is 114 Å². The van der Waals surface area contributed by atoms with Crippen molar-refractivity contribution < 1.29 is 9.53 Å². The number of anilines is 1. The van der Waals surface area contributed by atoms with Crippen molar-refractivity contribution >= 4 is 11.6 Å². The number of fused-ring (bicyclic) bond motifs is 1. The van der Waals surface area contributed by atoms with Crippen molar-refractivity contribution in [3.63, 3.8) is 0 Å². The zero-order valence-corrected chi connectivity index (χ0v) is 11.4. The van der Waals surface area contributed by atoms with Gasteiger partial charge in [0.15, 0.2) is 0 Å². The van der Waals surface area contributed by atoms with Gasteiger partial charge in [0.25, 0.3) is 0 Å². The fourth-order valence-corrected chi connectivity index (χ4v) is 3.42. The zero-order chi connectivity index (χ0) is 13.2. The zero-order valence-electron chi connectivity index (χ0n) is 11.4. The topological polar surface area (TPSA) is 38.3 Å². The van der Waals surface area contributed by atoms with Crippen molar-refractivity contribution in [1.82, 2.24) is 0 Å². The third kappa shape index (κ3) is 2.46. The van der Waals surface area contributed by atoms with Crippen LogP contribution in [0.15, 0.2) is 18.2 Å². The number of hydrogen-bond donors (Lipinski definition) is 1. The highest BCUT2D eigenvalue weighted by molar-refractivity contribution is 6.03. The van der Waals surface area contributed by atoms with Crippen molar-refractivity contribution in [2.75, 3.05) is 12.4 Å². The Hall–Kier alpha value is -1.51. The van der Waals surface area contributed by atoms with Gasteiger partial charge in [-0.3, -0.25) is 4.79 Å². The molecule has 0 aromatic heterocycles. The first-order chi connectivity index (χ1) is 9.28. The van der Waals surface area contributed by atoms with E-state index in [1.165, 1.54) is 32.1 Å². The second-order valence-corrected chi connectivity index (χ2v) is 5.73. The predicted molar refractivity (Wildman–Crippen MR) is 75.6 cm³/mol. The molecule has 1 amide bonds. The first kappa shape index (κ1) is 12.5. The lowest BCUT2D eigenvalue weighted by molar-refractivity contribution is -0.117. The van der Waals surface area contributed by atoms with Crippen LogP contribution in [-0.4, -0.2) is 13.0 Å². The highest BCUT2D eigenvalue weighted by atomic mass is 16.5. The molecule has 2 aliphatic rings. The molecule has 1 unspecified atom stereocenters. The monoisotopic (exact) mass is 259 g/mol. The summed E-state index contributed by atoms with van der Waals surface area (Å²) in [5, 5.41) is 2.99. The molecule has 1 saturated carbocycles. The van der Waals surface area contributed by atoms with Crippen molar-refractivity contribution in [1.29, 1.82) is 0 Å². The Balaban J connectivity index is 1.80. The van der Waals surface area contributed by atoms with Crippen LogP contribution in [0.2, 0.25) is 0 Å². The molecule has 1 fully saturated rings. The predicted octanol–water partition coefficient (Wildman–Crippen LogP) is 3.70. The van der Waals surface area contributed by atoms with Gasteiger partial charge in [-0.15, -0.1) is 0 Å². The molecule has 3 rings (SSSR count). The van der Waals surface area contributed by atoms with Gasteiger partial charge in [0.1, 0.15) is 5.75 Å². The van der Waals surface area contributed by atoms with Crippen LogP contribution >= 0.6 is 0 Å². The summed E-state index contributed by atoms with van der Waals surface area (Å²) in [7, 11) is 1.67. The van der Waals surface area contributed by atoms with Crippen molar-refractivity contribution in [2.24, 2.45) is 5.92 Å². The molecule has 1 aliphatic carbocycles. The van der Waals surface area contributed by atoms with Crippen molar-refractivity contribution in [3.8, 4) is 5.75 Å². The number of nitrogens with one attached hydrogen (secondary N) is 1. The number of benzene rings is 1. The average Bonchev–Trinajstić information content (AvgIpc) is 2.76. The minimum absolute atomic E-state index is 0.0215. The standard InChI is InChI=1S/C16H21NO2/c1-19-12-7-8-15-13(10-12)14(16(18)17-15)9-11-5-3-2-4-6-11/h7-8,10-11,14H,2-6,9H2,1H3,(H,17,18). The molecule has 3 heteroatoms. The summed E-state index contributed by atoms with van der Waals surface area (Å²) < 4.78 is 5.27. The largest absolute Gasteiger partial charge is 0.497 e. The van der Waals surface area contributed by atoms with Crippen molar-refractivity contribution in [2.45, 2.75) is 44.4 Å². The number of amides is 1. The molecule has 1 aromatic carbocycles. The SMILES string of the molecule is COc1ccc2c(c1)C(CC1CCCCC1)C(=O)N2. The third-order valence-electron chi connectivity index (χ3n) is 4.50. The Morgan fingerprint density at radius 1 is 1.26 bits per heavy atom. The van der Waals surface area contributed by atoms with Crippen LogP contribution in [0.1, 0.15) is 50.0 Å². The normalized spacial score (nSPS) is 23.0. The van der Waals surface area contributed by atoms with Crippen LogP contribution in [0.3, 0.4) is 0 Å². The molecule has 19 heavy (non-hydrogen) atoms. The molecule has 1 N–H and O–H groups in total. The number of methoxy groups -OCH3 is 1. The second kappa shape index (κ2) is 5.24. The van der Waals surface area contributed by atoms with E-state index in [-0.39, 0.29) is 11.8 Å². The molecule has 0 spiro atoms. The van der Waals surface area contributed by atoms with Crippen LogP contribution in [0.4, 0.5) is 5.69 Å². The molecule has 0 bridgehead atoms. The molecule has 1 aromatic rings. The second-order valence-electron chi connectivity index (χ2n) is 5.73. The molecular formula is C16H21NO2. The number of rotatable bonds is 3. The summed E-state index contributed by atoms with van der Waals surface area (Å²) >= 11 is 0. The lowest BCUT2D eigenvalue weighted by Gasteiger charge is -2.23. The lowest BCUT2D eigenvalue weighted by atomic mass is 9.81. The van der Waals surface area contributed by atoms with E-state index in [9.17, 15) is 4.79 Å². The summed E-state index contributed by atoms with van der Waals surface area (Å²) in [6.07, 6.45) is 7.56. The van der Waals surface area contributed by atoms with Gasteiger partial charge in [-0.1, -0.05) is 32.1 Å². The Bertz CT molecular complexity index is 478. The Morgan fingerprint density at radius 3 is 2.79 bits per heavy atom. The van der Waals surface area contributed by atoms with Gasteiger partial charge in [0.05, 0.1) is 13.0 Å². The summed E-state index contributed by atoms with van der Waals surface area (Å²) in [6.45, 7) is 0. The van der Waals surface area contributed by atoms with E-state index in [0.29, 0.717) is 5.92 Å². The first-order valence-corrected chi connectivity index (χ1v) is 7.26. The van der Waals surface area contributed by atoms with Gasteiger partial charge in [-0.2, -0.15) is 0 Å².